The largest absolute Gasteiger partial charge is 1.00 e. The summed E-state index contributed by atoms with van der Waals surface area (Å²) >= 11 is -3.74. The predicted octanol–water partition coefficient (Wildman–Crippen LogP) is 8.97. The van der Waals surface area contributed by atoms with E-state index in [1.165, 1.54) is 45.5 Å². The van der Waals surface area contributed by atoms with E-state index >= 15 is 0 Å². The fourth-order valence-electron chi connectivity index (χ4n) is 9.76. The summed E-state index contributed by atoms with van der Waals surface area (Å²) in [5.41, 5.74) is 10.1. The maximum Gasteiger partial charge on any atom is -1.00 e. The zero-order valence-electron chi connectivity index (χ0n) is 35.6. The number of alkyl halides is 6. The molecule has 8 rings (SSSR count). The van der Waals surface area contributed by atoms with Gasteiger partial charge in [0.1, 0.15) is 0 Å². The van der Waals surface area contributed by atoms with Gasteiger partial charge >= 0.3 is 348 Å². The first-order chi connectivity index (χ1) is 26.8. The summed E-state index contributed by atoms with van der Waals surface area (Å²) < 4.78 is 88.6. The van der Waals surface area contributed by atoms with Crippen molar-refractivity contribution in [2.75, 3.05) is 0 Å². The molecule has 0 aromatic heterocycles. The van der Waals surface area contributed by atoms with Crippen molar-refractivity contribution in [2.45, 2.75) is 102 Å². The average molecular weight is 939 g/mol. The Balaban J connectivity index is 0.00000302. The molecule has 0 fully saturated rings. The van der Waals surface area contributed by atoms with Crippen LogP contribution < -0.4 is 24.8 Å². The van der Waals surface area contributed by atoms with Gasteiger partial charge in [-0.25, -0.2) is 0 Å². The van der Waals surface area contributed by atoms with E-state index < -0.39 is 44.7 Å². The maximum atomic E-state index is 14.5. The number of rotatable bonds is 4. The van der Waals surface area contributed by atoms with Crippen LogP contribution in [0.5, 0.6) is 0 Å². The van der Waals surface area contributed by atoms with E-state index in [0.29, 0.717) is 20.8 Å². The van der Waals surface area contributed by atoms with Gasteiger partial charge in [-0.1, -0.05) is 0 Å². The number of benzene rings is 4. The van der Waals surface area contributed by atoms with Gasteiger partial charge in [0.2, 0.25) is 0 Å². The van der Waals surface area contributed by atoms with E-state index in [1.54, 1.807) is 12.1 Å². The third-order valence-electron chi connectivity index (χ3n) is 12.5. The molecule has 0 N–H and O–H groups in total. The van der Waals surface area contributed by atoms with Crippen molar-refractivity contribution in [1.82, 2.24) is 0 Å². The number of halogens is 8. The summed E-state index contributed by atoms with van der Waals surface area (Å²) in [7, 11) is 0. The summed E-state index contributed by atoms with van der Waals surface area (Å²) in [6, 6.07) is 20.0. The number of hydrogen-bond acceptors (Lipinski definition) is 0. The van der Waals surface area contributed by atoms with Gasteiger partial charge in [0.25, 0.3) is 0 Å². The SMILES string of the molecule is CC(C)(C)C1=CC(C)(C)c2cc3c(cc21)-c1cc2c(cc1[CH]3[Zr+2]([C]1=CC=CC1)=[C](c1cccc(C(F)(F)F)c1)c1cccc(C(F)(F)F)c1)C(C)(C)C=C2C(C)(C)C.[Cl-].[Cl-]. The van der Waals surface area contributed by atoms with Crippen LogP contribution in [0, 0.1) is 10.8 Å². The smallest absolute Gasteiger partial charge is 1.00 e. The average Bonchev–Trinajstić information content (AvgIpc) is 3.87. The number of fused-ring (bicyclic) bond motifs is 5. The summed E-state index contributed by atoms with van der Waals surface area (Å²) in [5, 5.41) is 0. The Hall–Kier alpha value is -3.25. The molecule has 4 aliphatic rings. The van der Waals surface area contributed by atoms with E-state index in [0.717, 1.165) is 49.8 Å². The zero-order valence-corrected chi connectivity index (χ0v) is 39.6. The molecule has 0 bridgehead atoms. The molecule has 4 aliphatic carbocycles. The van der Waals surface area contributed by atoms with Crippen LogP contribution in [0.1, 0.15) is 135 Å². The maximum absolute atomic E-state index is 14.5. The van der Waals surface area contributed by atoms with Crippen LogP contribution in [-0.4, -0.2) is 3.21 Å². The number of hydrogen-bond donors (Lipinski definition) is 0. The van der Waals surface area contributed by atoms with Gasteiger partial charge in [0.05, 0.1) is 0 Å². The molecule has 0 saturated carbocycles. The van der Waals surface area contributed by atoms with Gasteiger partial charge in [0, 0.05) is 0 Å². The van der Waals surface area contributed by atoms with E-state index in [9.17, 15) is 26.3 Å². The van der Waals surface area contributed by atoms with Gasteiger partial charge in [0.15, 0.2) is 0 Å². The summed E-state index contributed by atoms with van der Waals surface area (Å²) in [4.78, 5) is 0. The Morgan fingerprint density at radius 1 is 0.583 bits per heavy atom. The molecular formula is C51H50Cl2F6Zr. The van der Waals surface area contributed by atoms with Crippen LogP contribution in [0.2, 0.25) is 0 Å². The molecule has 4 aromatic carbocycles. The molecule has 9 heteroatoms. The molecule has 0 heterocycles. The van der Waals surface area contributed by atoms with Crippen molar-refractivity contribution in [3.8, 4) is 11.1 Å². The Labute approximate surface area is 370 Å². The first kappa shape index (κ1) is 46.3. The van der Waals surface area contributed by atoms with Gasteiger partial charge in [-0.3, -0.25) is 0 Å². The second-order valence-electron chi connectivity index (χ2n) is 19.7. The first-order valence-electron chi connectivity index (χ1n) is 20.1. The van der Waals surface area contributed by atoms with Crippen molar-refractivity contribution in [1.29, 1.82) is 0 Å². The van der Waals surface area contributed by atoms with Crippen LogP contribution in [0.25, 0.3) is 22.3 Å². The number of allylic oxidation sites excluding steroid dienone is 8. The van der Waals surface area contributed by atoms with Gasteiger partial charge in [-0.2, -0.15) is 0 Å². The first-order valence-corrected chi connectivity index (χ1v) is 24.0. The molecule has 0 atom stereocenters. The fourth-order valence-corrected chi connectivity index (χ4v) is 18.7. The van der Waals surface area contributed by atoms with E-state index in [1.807, 2.05) is 6.08 Å². The van der Waals surface area contributed by atoms with Gasteiger partial charge in [-0.05, 0) is 0 Å². The minimum absolute atomic E-state index is 0. The fraction of sp³-hybridized carbons (Fsp3) is 0.353. The van der Waals surface area contributed by atoms with Crippen molar-refractivity contribution in [3.63, 3.8) is 0 Å². The van der Waals surface area contributed by atoms with E-state index in [2.05, 4.69) is 118 Å². The van der Waals surface area contributed by atoms with Crippen LogP contribution in [-0.2, 0) is 44.4 Å². The molecule has 0 aliphatic heterocycles. The molecule has 0 radical (unpaired) electrons. The molecule has 0 spiro atoms. The summed E-state index contributed by atoms with van der Waals surface area (Å²) in [6.45, 7) is 22.4. The summed E-state index contributed by atoms with van der Waals surface area (Å²) in [6.07, 6.45) is 2.26. The Morgan fingerprint density at radius 3 is 1.35 bits per heavy atom. The van der Waals surface area contributed by atoms with E-state index in [-0.39, 0.29) is 50.1 Å². The topological polar surface area (TPSA) is 0 Å². The molecule has 60 heavy (non-hydrogen) atoms. The molecule has 0 amide bonds. The quantitative estimate of drug-likeness (QED) is 0.180. The van der Waals surface area contributed by atoms with Gasteiger partial charge in [-0.15, -0.1) is 0 Å². The monoisotopic (exact) mass is 936 g/mol. The third kappa shape index (κ3) is 7.87. The zero-order chi connectivity index (χ0) is 42.1. The van der Waals surface area contributed by atoms with Crippen molar-refractivity contribution >= 4 is 14.4 Å². The van der Waals surface area contributed by atoms with Crippen molar-refractivity contribution < 1.29 is 72.4 Å². The van der Waals surface area contributed by atoms with Crippen molar-refractivity contribution in [2.24, 2.45) is 10.8 Å². The molecule has 4 aromatic rings. The normalized spacial score (nSPS) is 17.3. The van der Waals surface area contributed by atoms with Crippen LogP contribution >= 0.6 is 0 Å². The van der Waals surface area contributed by atoms with E-state index in [4.69, 9.17) is 0 Å². The molecule has 0 unspecified atom stereocenters. The minimum Gasteiger partial charge on any atom is -1.00 e. The minimum atomic E-state index is -4.63. The second kappa shape index (κ2) is 15.2. The standard InChI is InChI=1S/C31H37.C15H8F6.C5H5.2ClH.Zr/c1-28(2,3)26-16-30(7,8)24-12-18-11-19-13-25-23(15-21(19)20(18)14-22(24)26)27(29(4,5)6)17-31(25,9)10;16-14(17,18)12-5-1-3-10(8-12)7-11-4-2-6-13(9-11)15(19,20)21;1-2-4-5-3-1;;;/h11-17H,1-10H3;1-6,8-9H;1-3H,4H2;2*1H;/q;;;;;+2/p-2. The van der Waals surface area contributed by atoms with Gasteiger partial charge < -0.3 is 24.8 Å². The molecule has 0 nitrogen and oxygen atoms in total. The molecule has 314 valence electrons. The van der Waals surface area contributed by atoms with Crippen LogP contribution in [0.15, 0.2) is 106 Å². The molecular weight excluding hydrogens is 889 g/mol. The second-order valence-corrected chi connectivity index (χ2v) is 26.0. The Bertz CT molecular complexity index is 2420. The van der Waals surface area contributed by atoms with Crippen molar-refractivity contribution in [3.05, 3.63) is 162 Å². The third-order valence-corrected chi connectivity index (χ3v) is 20.8. The molecule has 0 saturated heterocycles. The summed E-state index contributed by atoms with van der Waals surface area (Å²) in [5.74, 6) is 0. The predicted molar refractivity (Wildman–Crippen MR) is 223 cm³/mol. The Morgan fingerprint density at radius 2 is 1.00 bits per heavy atom. The van der Waals surface area contributed by atoms with Crippen LogP contribution in [0.3, 0.4) is 0 Å². The van der Waals surface area contributed by atoms with Crippen LogP contribution in [0.4, 0.5) is 26.3 Å². The Kier molecular flexibility index (Phi) is 11.7.